The van der Waals surface area contributed by atoms with Gasteiger partial charge in [-0.1, -0.05) is 12.2 Å². The van der Waals surface area contributed by atoms with Crippen molar-refractivity contribution in [2.24, 2.45) is 11.7 Å². The Morgan fingerprint density at radius 2 is 2.15 bits per heavy atom. The fourth-order valence-electron chi connectivity index (χ4n) is 2.62. The van der Waals surface area contributed by atoms with E-state index in [1.807, 2.05) is 0 Å². The van der Waals surface area contributed by atoms with Crippen molar-refractivity contribution in [1.29, 1.82) is 0 Å². The van der Waals surface area contributed by atoms with Crippen molar-refractivity contribution < 1.29 is 8.42 Å². The summed E-state index contributed by atoms with van der Waals surface area (Å²) in [6.45, 7) is 7.35. The topological polar surface area (TPSA) is 66.6 Å². The van der Waals surface area contributed by atoms with Crippen LogP contribution in [0.4, 0.5) is 0 Å². The number of nitrogens with zero attached hydrogens (tertiary/aromatic N) is 2. The van der Waals surface area contributed by atoms with E-state index in [9.17, 15) is 8.42 Å². The maximum absolute atomic E-state index is 11.6. The smallest absolute Gasteiger partial charge is 0.211 e. The third-order valence-corrected chi connectivity index (χ3v) is 5.29. The van der Waals surface area contributed by atoms with Crippen LogP contribution in [0.25, 0.3) is 0 Å². The zero-order valence-electron chi connectivity index (χ0n) is 12.7. The largest absolute Gasteiger partial charge is 0.393 e. The van der Waals surface area contributed by atoms with E-state index in [0.717, 1.165) is 32.4 Å². The summed E-state index contributed by atoms with van der Waals surface area (Å²) < 4.78 is 24.9. The van der Waals surface area contributed by atoms with Crippen LogP contribution in [0, 0.1) is 5.92 Å². The monoisotopic (exact) mass is 321 g/mol. The number of thiocarbonyl (C=S) groups is 1. The summed E-state index contributed by atoms with van der Waals surface area (Å²) in [5.74, 6) is 0.396. The molecule has 1 aliphatic heterocycles. The summed E-state index contributed by atoms with van der Waals surface area (Å²) in [4.78, 5) is 2.88. The van der Waals surface area contributed by atoms with Gasteiger partial charge in [-0.25, -0.2) is 12.7 Å². The lowest BCUT2D eigenvalue weighted by atomic mass is 9.98. The molecule has 0 aromatic heterocycles. The lowest BCUT2D eigenvalue weighted by molar-refractivity contribution is 0.154. The SMILES string of the molecule is CC(C)N(CCC(N)=S)CC1CCCN(S(C)(=O)=O)C1. The summed E-state index contributed by atoms with van der Waals surface area (Å²) >= 11 is 4.94. The summed E-state index contributed by atoms with van der Waals surface area (Å²) in [6.07, 6.45) is 4.04. The molecular formula is C13H27N3O2S2. The van der Waals surface area contributed by atoms with Crippen molar-refractivity contribution in [1.82, 2.24) is 9.21 Å². The molecule has 1 fully saturated rings. The third kappa shape index (κ3) is 6.03. The Labute approximate surface area is 128 Å². The van der Waals surface area contributed by atoms with Crippen molar-refractivity contribution in [3.05, 3.63) is 0 Å². The number of rotatable bonds is 7. The van der Waals surface area contributed by atoms with E-state index >= 15 is 0 Å². The minimum Gasteiger partial charge on any atom is -0.393 e. The molecule has 1 rings (SSSR count). The van der Waals surface area contributed by atoms with Crippen LogP contribution in [-0.4, -0.2) is 61.1 Å². The van der Waals surface area contributed by atoms with Gasteiger partial charge < -0.3 is 10.6 Å². The molecule has 0 aliphatic carbocycles. The first-order chi connectivity index (χ1) is 9.20. The van der Waals surface area contributed by atoms with Crippen LogP contribution in [-0.2, 0) is 10.0 Å². The number of sulfonamides is 1. The number of hydrogen-bond acceptors (Lipinski definition) is 4. The van der Waals surface area contributed by atoms with Crippen molar-refractivity contribution in [2.45, 2.75) is 39.2 Å². The normalized spacial score (nSPS) is 21.6. The Hall–Kier alpha value is -0.240. The molecule has 1 heterocycles. The lowest BCUT2D eigenvalue weighted by Gasteiger charge is -2.36. The van der Waals surface area contributed by atoms with Gasteiger partial charge >= 0.3 is 0 Å². The molecule has 2 N–H and O–H groups in total. The predicted octanol–water partition coefficient (Wildman–Crippen LogP) is 1.04. The molecule has 0 bridgehead atoms. The summed E-state index contributed by atoms with van der Waals surface area (Å²) in [6, 6.07) is 0.415. The zero-order valence-corrected chi connectivity index (χ0v) is 14.3. The quantitative estimate of drug-likeness (QED) is 0.710. The molecule has 1 aliphatic rings. The average Bonchev–Trinajstić information content (AvgIpc) is 2.33. The maximum atomic E-state index is 11.6. The first-order valence-corrected chi connectivity index (χ1v) is 9.43. The molecule has 0 spiro atoms. The molecule has 1 atom stereocenters. The first-order valence-electron chi connectivity index (χ1n) is 7.17. The molecule has 1 saturated heterocycles. The molecule has 118 valence electrons. The van der Waals surface area contributed by atoms with Crippen molar-refractivity contribution >= 4 is 27.2 Å². The first kappa shape index (κ1) is 17.8. The third-order valence-electron chi connectivity index (χ3n) is 3.82. The Kier molecular flexibility index (Phi) is 6.84. The lowest BCUT2D eigenvalue weighted by Crippen LogP contribution is -2.45. The van der Waals surface area contributed by atoms with Crippen LogP contribution in [0.2, 0.25) is 0 Å². The minimum absolute atomic E-state index is 0.396. The van der Waals surface area contributed by atoms with Crippen LogP contribution in [0.1, 0.15) is 33.1 Å². The fraction of sp³-hybridized carbons (Fsp3) is 0.923. The molecule has 0 saturated carbocycles. The van der Waals surface area contributed by atoms with Crippen LogP contribution in [0.15, 0.2) is 0 Å². The summed E-state index contributed by atoms with van der Waals surface area (Å²) in [5.41, 5.74) is 5.57. The highest BCUT2D eigenvalue weighted by Crippen LogP contribution is 2.20. The van der Waals surface area contributed by atoms with Gasteiger partial charge in [0.2, 0.25) is 10.0 Å². The van der Waals surface area contributed by atoms with E-state index in [4.69, 9.17) is 18.0 Å². The number of hydrogen-bond donors (Lipinski definition) is 1. The second-order valence-electron chi connectivity index (χ2n) is 5.93. The average molecular weight is 322 g/mol. The van der Waals surface area contributed by atoms with Crippen molar-refractivity contribution in [2.75, 3.05) is 32.4 Å². The predicted molar refractivity (Wildman–Crippen MR) is 87.3 cm³/mol. The van der Waals surface area contributed by atoms with Gasteiger partial charge in [0.25, 0.3) is 0 Å². The van der Waals surface area contributed by atoms with Crippen LogP contribution in [0.3, 0.4) is 0 Å². The van der Waals surface area contributed by atoms with Gasteiger partial charge in [-0.05, 0) is 32.6 Å². The molecule has 0 radical (unpaired) electrons. The Balaban J connectivity index is 2.57. The highest BCUT2D eigenvalue weighted by Gasteiger charge is 2.27. The van der Waals surface area contributed by atoms with E-state index in [1.54, 1.807) is 4.31 Å². The van der Waals surface area contributed by atoms with Crippen molar-refractivity contribution in [3.8, 4) is 0 Å². The zero-order chi connectivity index (χ0) is 15.3. The molecular weight excluding hydrogens is 294 g/mol. The van der Waals surface area contributed by atoms with Gasteiger partial charge in [-0.2, -0.15) is 0 Å². The Morgan fingerprint density at radius 1 is 1.50 bits per heavy atom. The molecule has 5 nitrogen and oxygen atoms in total. The Morgan fingerprint density at radius 3 is 2.65 bits per heavy atom. The van der Waals surface area contributed by atoms with Crippen LogP contribution < -0.4 is 5.73 Å². The second kappa shape index (κ2) is 7.68. The molecule has 0 aromatic rings. The van der Waals surface area contributed by atoms with Gasteiger partial charge in [0, 0.05) is 38.6 Å². The van der Waals surface area contributed by atoms with E-state index in [1.165, 1.54) is 6.26 Å². The number of piperidine rings is 1. The standard InChI is InChI=1S/C13H27N3O2S2/c1-11(2)15(8-6-13(14)19)9-12-5-4-7-16(10-12)20(3,17)18/h11-12H,4-10H2,1-3H3,(H2,14,19). The van der Waals surface area contributed by atoms with Crippen molar-refractivity contribution in [3.63, 3.8) is 0 Å². The van der Waals surface area contributed by atoms with Gasteiger partial charge in [-0.3, -0.25) is 0 Å². The van der Waals surface area contributed by atoms with Gasteiger partial charge in [0.1, 0.15) is 0 Å². The summed E-state index contributed by atoms with van der Waals surface area (Å²) in [7, 11) is -3.07. The van der Waals surface area contributed by atoms with Gasteiger partial charge in [-0.15, -0.1) is 0 Å². The summed E-state index contributed by atoms with van der Waals surface area (Å²) in [5, 5.41) is 0. The highest BCUT2D eigenvalue weighted by molar-refractivity contribution is 7.88. The Bertz CT molecular complexity index is 423. The highest BCUT2D eigenvalue weighted by atomic mass is 32.2. The van der Waals surface area contributed by atoms with Crippen LogP contribution in [0.5, 0.6) is 0 Å². The minimum atomic E-state index is -3.07. The van der Waals surface area contributed by atoms with Crippen LogP contribution >= 0.6 is 12.2 Å². The molecule has 20 heavy (non-hydrogen) atoms. The van der Waals surface area contributed by atoms with E-state index in [0.29, 0.717) is 30.0 Å². The van der Waals surface area contributed by atoms with E-state index in [2.05, 4.69) is 18.7 Å². The molecule has 0 amide bonds. The molecule has 1 unspecified atom stereocenters. The molecule has 0 aromatic carbocycles. The van der Waals surface area contributed by atoms with Gasteiger partial charge in [0.05, 0.1) is 11.2 Å². The fourth-order valence-corrected chi connectivity index (χ4v) is 3.66. The maximum Gasteiger partial charge on any atom is 0.211 e. The van der Waals surface area contributed by atoms with E-state index in [-0.39, 0.29) is 0 Å². The van der Waals surface area contributed by atoms with Gasteiger partial charge in [0.15, 0.2) is 0 Å². The molecule has 7 heteroatoms. The number of nitrogens with two attached hydrogens (primary N) is 1. The van der Waals surface area contributed by atoms with E-state index < -0.39 is 10.0 Å². The second-order valence-corrected chi connectivity index (χ2v) is 8.44.